The first kappa shape index (κ1) is 18.7. The number of carboxylic acids is 1. The molecule has 1 saturated heterocycles. The highest BCUT2D eigenvalue weighted by Crippen LogP contribution is 2.49. The standard InChI is InChI=1S/C22H26N2O4/c1-27-20-11-17(4-5-19(20)28-14-16-6-9-23-10-7-16)12-24-13-18-3-2-8-22(18,15-24)21(25)26/h4-7,9-11,18H,2-3,8,12-15H2,1H3,(H,25,26)/t18-,22+/m0/s1. The molecule has 0 bridgehead atoms. The van der Waals surface area contributed by atoms with Crippen molar-refractivity contribution in [1.29, 1.82) is 0 Å². The number of carbonyl (C=O) groups is 1. The molecule has 2 aromatic rings. The molecule has 6 heteroatoms. The number of fused-ring (bicyclic) bond motifs is 1. The Morgan fingerprint density at radius 3 is 2.79 bits per heavy atom. The molecule has 4 rings (SSSR count). The van der Waals surface area contributed by atoms with Gasteiger partial charge < -0.3 is 14.6 Å². The Bertz CT molecular complexity index is 842. The molecule has 28 heavy (non-hydrogen) atoms. The highest BCUT2D eigenvalue weighted by Gasteiger charge is 2.54. The lowest BCUT2D eigenvalue weighted by Gasteiger charge is -2.23. The Hall–Kier alpha value is -2.60. The maximum Gasteiger partial charge on any atom is 0.311 e. The molecular weight excluding hydrogens is 356 g/mol. The summed E-state index contributed by atoms with van der Waals surface area (Å²) < 4.78 is 11.4. The molecular formula is C22H26N2O4. The van der Waals surface area contributed by atoms with Gasteiger partial charge >= 0.3 is 5.97 Å². The van der Waals surface area contributed by atoms with Gasteiger partial charge in [0.1, 0.15) is 6.61 Å². The molecule has 1 saturated carbocycles. The number of methoxy groups -OCH3 is 1. The van der Waals surface area contributed by atoms with Crippen LogP contribution in [0.25, 0.3) is 0 Å². The molecule has 2 aliphatic rings. The van der Waals surface area contributed by atoms with E-state index in [0.717, 1.165) is 43.5 Å². The third kappa shape index (κ3) is 3.56. The number of likely N-dealkylation sites (tertiary alicyclic amines) is 1. The van der Waals surface area contributed by atoms with Gasteiger partial charge in [0.2, 0.25) is 0 Å². The van der Waals surface area contributed by atoms with E-state index in [1.807, 2.05) is 30.3 Å². The van der Waals surface area contributed by atoms with E-state index in [0.29, 0.717) is 24.7 Å². The molecule has 0 spiro atoms. The maximum absolute atomic E-state index is 11.9. The van der Waals surface area contributed by atoms with Gasteiger partial charge in [-0.3, -0.25) is 14.7 Å². The van der Waals surface area contributed by atoms with Gasteiger partial charge in [-0.1, -0.05) is 12.5 Å². The normalized spacial score (nSPS) is 24.1. The van der Waals surface area contributed by atoms with Crippen molar-refractivity contribution in [2.75, 3.05) is 20.2 Å². The van der Waals surface area contributed by atoms with Gasteiger partial charge in [-0.05, 0) is 54.2 Å². The van der Waals surface area contributed by atoms with Crippen LogP contribution in [0.15, 0.2) is 42.7 Å². The lowest BCUT2D eigenvalue weighted by atomic mass is 9.81. The predicted molar refractivity (Wildman–Crippen MR) is 104 cm³/mol. The van der Waals surface area contributed by atoms with E-state index < -0.39 is 11.4 Å². The second-order valence-corrected chi connectivity index (χ2v) is 7.85. The fourth-order valence-corrected chi connectivity index (χ4v) is 4.69. The van der Waals surface area contributed by atoms with E-state index >= 15 is 0 Å². The van der Waals surface area contributed by atoms with Crippen LogP contribution in [0.5, 0.6) is 11.5 Å². The number of hydrogen-bond acceptors (Lipinski definition) is 5. The summed E-state index contributed by atoms with van der Waals surface area (Å²) in [6, 6.07) is 9.79. The summed E-state index contributed by atoms with van der Waals surface area (Å²) >= 11 is 0. The molecule has 0 amide bonds. The van der Waals surface area contributed by atoms with Crippen LogP contribution in [-0.4, -0.2) is 41.2 Å². The zero-order valence-electron chi connectivity index (χ0n) is 16.1. The molecule has 2 atom stereocenters. The van der Waals surface area contributed by atoms with Gasteiger partial charge in [0.05, 0.1) is 12.5 Å². The number of aromatic nitrogens is 1. The fourth-order valence-electron chi connectivity index (χ4n) is 4.69. The summed E-state index contributed by atoms with van der Waals surface area (Å²) in [4.78, 5) is 18.1. The first-order valence-electron chi connectivity index (χ1n) is 9.75. The molecule has 2 fully saturated rings. The van der Waals surface area contributed by atoms with E-state index in [1.165, 1.54) is 0 Å². The summed E-state index contributed by atoms with van der Waals surface area (Å²) in [5, 5.41) is 9.76. The number of ether oxygens (including phenoxy) is 2. The molecule has 1 aromatic carbocycles. The van der Waals surface area contributed by atoms with Gasteiger partial charge in [-0.2, -0.15) is 0 Å². The van der Waals surface area contributed by atoms with Crippen LogP contribution >= 0.6 is 0 Å². The van der Waals surface area contributed by atoms with Crippen molar-refractivity contribution in [2.24, 2.45) is 11.3 Å². The summed E-state index contributed by atoms with van der Waals surface area (Å²) in [6.45, 7) is 2.67. The van der Waals surface area contributed by atoms with Crippen LogP contribution in [-0.2, 0) is 17.9 Å². The van der Waals surface area contributed by atoms with Crippen molar-refractivity contribution >= 4 is 5.97 Å². The van der Waals surface area contributed by atoms with E-state index in [4.69, 9.17) is 9.47 Å². The monoisotopic (exact) mass is 382 g/mol. The van der Waals surface area contributed by atoms with Crippen LogP contribution in [0.4, 0.5) is 0 Å². The Kier molecular flexibility index (Phi) is 5.22. The number of nitrogens with zero attached hydrogens (tertiary/aromatic N) is 2. The van der Waals surface area contributed by atoms with Gasteiger partial charge in [0, 0.05) is 32.0 Å². The minimum absolute atomic E-state index is 0.273. The summed E-state index contributed by atoms with van der Waals surface area (Å²) in [5.41, 5.74) is 1.61. The first-order valence-corrected chi connectivity index (χ1v) is 9.75. The highest BCUT2D eigenvalue weighted by atomic mass is 16.5. The molecule has 0 radical (unpaired) electrons. The summed E-state index contributed by atoms with van der Waals surface area (Å²) in [7, 11) is 1.64. The van der Waals surface area contributed by atoms with E-state index in [1.54, 1.807) is 19.5 Å². The Morgan fingerprint density at radius 1 is 1.25 bits per heavy atom. The fraction of sp³-hybridized carbons (Fsp3) is 0.455. The van der Waals surface area contributed by atoms with E-state index in [-0.39, 0.29) is 5.92 Å². The topological polar surface area (TPSA) is 71.9 Å². The van der Waals surface area contributed by atoms with Crippen molar-refractivity contribution in [3.05, 3.63) is 53.9 Å². The molecule has 1 N–H and O–H groups in total. The summed E-state index contributed by atoms with van der Waals surface area (Å²) in [6.07, 6.45) is 6.34. The second kappa shape index (κ2) is 7.80. The van der Waals surface area contributed by atoms with Crippen LogP contribution in [0.1, 0.15) is 30.4 Å². The summed E-state index contributed by atoms with van der Waals surface area (Å²) in [5.74, 6) is 1.03. The van der Waals surface area contributed by atoms with Gasteiger partial charge in [0.15, 0.2) is 11.5 Å². The number of aliphatic carboxylic acids is 1. The molecule has 6 nitrogen and oxygen atoms in total. The smallest absolute Gasteiger partial charge is 0.311 e. The van der Waals surface area contributed by atoms with Crippen LogP contribution in [0, 0.1) is 11.3 Å². The highest BCUT2D eigenvalue weighted by molar-refractivity contribution is 5.76. The van der Waals surface area contributed by atoms with Crippen LogP contribution < -0.4 is 9.47 Å². The SMILES string of the molecule is COc1cc(CN2C[C@@H]3CCC[C@@]3(C(=O)O)C2)ccc1OCc1ccncc1. The molecule has 2 heterocycles. The predicted octanol–water partition coefficient (Wildman–Crippen LogP) is 3.36. The molecule has 1 aromatic heterocycles. The number of pyridine rings is 1. The molecule has 1 aliphatic carbocycles. The molecule has 148 valence electrons. The third-order valence-corrected chi connectivity index (χ3v) is 6.15. The number of rotatable bonds is 7. The Balaban J connectivity index is 1.43. The minimum Gasteiger partial charge on any atom is -0.493 e. The molecule has 0 unspecified atom stereocenters. The quantitative estimate of drug-likeness (QED) is 0.792. The van der Waals surface area contributed by atoms with Crippen molar-refractivity contribution in [1.82, 2.24) is 9.88 Å². The maximum atomic E-state index is 11.9. The van der Waals surface area contributed by atoms with Gasteiger partial charge in [0.25, 0.3) is 0 Å². The number of hydrogen-bond donors (Lipinski definition) is 1. The Labute approximate surface area is 165 Å². The number of benzene rings is 1. The second-order valence-electron chi connectivity index (χ2n) is 7.85. The van der Waals surface area contributed by atoms with Crippen molar-refractivity contribution < 1.29 is 19.4 Å². The lowest BCUT2D eigenvalue weighted by Crippen LogP contribution is -2.35. The zero-order valence-corrected chi connectivity index (χ0v) is 16.1. The van der Waals surface area contributed by atoms with Crippen LogP contribution in [0.2, 0.25) is 0 Å². The Morgan fingerprint density at radius 2 is 2.07 bits per heavy atom. The largest absolute Gasteiger partial charge is 0.493 e. The average Bonchev–Trinajstić information content (AvgIpc) is 3.26. The molecule has 1 aliphatic heterocycles. The van der Waals surface area contributed by atoms with Crippen molar-refractivity contribution in [2.45, 2.75) is 32.4 Å². The van der Waals surface area contributed by atoms with Gasteiger partial charge in [-0.25, -0.2) is 0 Å². The third-order valence-electron chi connectivity index (χ3n) is 6.15. The van der Waals surface area contributed by atoms with Crippen LogP contribution in [0.3, 0.4) is 0 Å². The first-order chi connectivity index (χ1) is 13.6. The zero-order chi connectivity index (χ0) is 19.6. The van der Waals surface area contributed by atoms with E-state index in [9.17, 15) is 9.90 Å². The van der Waals surface area contributed by atoms with Crippen molar-refractivity contribution in [3.63, 3.8) is 0 Å². The van der Waals surface area contributed by atoms with Crippen molar-refractivity contribution in [3.8, 4) is 11.5 Å². The lowest BCUT2D eigenvalue weighted by molar-refractivity contribution is -0.149. The number of carboxylic acid groups (broad SMARTS) is 1. The van der Waals surface area contributed by atoms with Gasteiger partial charge in [-0.15, -0.1) is 0 Å². The minimum atomic E-state index is -0.630. The average molecular weight is 382 g/mol. The van der Waals surface area contributed by atoms with E-state index in [2.05, 4.69) is 9.88 Å².